The third-order valence-corrected chi connectivity index (χ3v) is 4.30. The minimum Gasteiger partial charge on any atom is -0.379 e. The molecule has 1 N–H and O–H groups in total. The van der Waals surface area contributed by atoms with Crippen LogP contribution in [0.25, 0.3) is 0 Å². The van der Waals surface area contributed by atoms with Gasteiger partial charge in [-0.2, -0.15) is 0 Å². The van der Waals surface area contributed by atoms with Crippen molar-refractivity contribution in [3.8, 4) is 0 Å². The normalized spacial score (nSPS) is 22.7. The predicted molar refractivity (Wildman–Crippen MR) is 78.0 cm³/mol. The fourth-order valence-corrected chi connectivity index (χ4v) is 2.83. The Morgan fingerprint density at radius 1 is 1.28 bits per heavy atom. The molecular weight excluding hydrogens is 224 g/mol. The minimum absolute atomic E-state index is 0.546. The summed E-state index contributed by atoms with van der Waals surface area (Å²) >= 11 is 0. The van der Waals surface area contributed by atoms with Gasteiger partial charge in [0.2, 0.25) is 0 Å². The number of ether oxygens (including phenoxy) is 1. The van der Waals surface area contributed by atoms with Gasteiger partial charge in [0.05, 0.1) is 13.2 Å². The van der Waals surface area contributed by atoms with E-state index in [1.54, 1.807) is 0 Å². The molecule has 0 spiro atoms. The molecule has 108 valence electrons. The summed E-state index contributed by atoms with van der Waals surface area (Å²) in [5, 5.41) is 3.56. The Morgan fingerprint density at radius 2 is 2.00 bits per heavy atom. The summed E-state index contributed by atoms with van der Waals surface area (Å²) in [6.07, 6.45) is 3.79. The number of nitrogens with one attached hydrogen (secondary N) is 1. The van der Waals surface area contributed by atoms with Gasteiger partial charge in [-0.25, -0.2) is 0 Å². The third-order valence-electron chi connectivity index (χ3n) is 4.30. The Morgan fingerprint density at radius 3 is 2.50 bits per heavy atom. The molecule has 2 unspecified atom stereocenters. The number of morpholine rings is 1. The van der Waals surface area contributed by atoms with Crippen LogP contribution in [-0.4, -0.2) is 49.8 Å². The van der Waals surface area contributed by atoms with Crippen LogP contribution in [-0.2, 0) is 4.74 Å². The van der Waals surface area contributed by atoms with Crippen LogP contribution in [0.1, 0.15) is 47.0 Å². The van der Waals surface area contributed by atoms with Gasteiger partial charge in [-0.3, -0.25) is 0 Å². The topological polar surface area (TPSA) is 24.5 Å². The summed E-state index contributed by atoms with van der Waals surface area (Å²) in [6.45, 7) is 14.4. The minimum atomic E-state index is 0.546. The Labute approximate surface area is 113 Å². The van der Waals surface area contributed by atoms with E-state index in [0.29, 0.717) is 12.1 Å². The van der Waals surface area contributed by atoms with E-state index in [1.165, 1.54) is 25.8 Å². The van der Waals surface area contributed by atoms with Crippen LogP contribution in [0, 0.1) is 5.92 Å². The molecule has 2 atom stereocenters. The molecule has 1 rings (SSSR count). The van der Waals surface area contributed by atoms with Crippen LogP contribution >= 0.6 is 0 Å². The van der Waals surface area contributed by atoms with E-state index in [4.69, 9.17) is 4.74 Å². The lowest BCUT2D eigenvalue weighted by Crippen LogP contribution is -2.46. The summed E-state index contributed by atoms with van der Waals surface area (Å²) in [5.74, 6) is 0.850. The molecule has 0 saturated carbocycles. The van der Waals surface area contributed by atoms with Gasteiger partial charge in [-0.15, -0.1) is 0 Å². The highest BCUT2D eigenvalue weighted by molar-refractivity contribution is 4.78. The van der Waals surface area contributed by atoms with Crippen LogP contribution in [0.2, 0.25) is 0 Å². The lowest BCUT2D eigenvalue weighted by Gasteiger charge is -2.34. The van der Waals surface area contributed by atoms with Crippen LogP contribution in [0.4, 0.5) is 0 Å². The maximum atomic E-state index is 5.54. The number of hydrogen-bond acceptors (Lipinski definition) is 3. The van der Waals surface area contributed by atoms with Crippen molar-refractivity contribution in [1.29, 1.82) is 0 Å². The first-order chi connectivity index (χ1) is 8.71. The first-order valence-electron chi connectivity index (χ1n) is 7.76. The number of rotatable bonds is 8. The Kier molecular flexibility index (Phi) is 7.87. The lowest BCUT2D eigenvalue weighted by atomic mass is 10.0. The third kappa shape index (κ3) is 5.25. The Balaban J connectivity index is 2.37. The molecule has 0 aliphatic carbocycles. The van der Waals surface area contributed by atoms with E-state index in [1.807, 2.05) is 0 Å². The van der Waals surface area contributed by atoms with Crippen molar-refractivity contribution < 1.29 is 4.74 Å². The molecule has 1 aliphatic rings. The molecule has 0 radical (unpaired) electrons. The van der Waals surface area contributed by atoms with E-state index >= 15 is 0 Å². The predicted octanol–water partition coefficient (Wildman–Crippen LogP) is 2.51. The maximum absolute atomic E-state index is 5.54. The van der Waals surface area contributed by atoms with E-state index in [0.717, 1.165) is 32.2 Å². The second-order valence-electron chi connectivity index (χ2n) is 5.58. The van der Waals surface area contributed by atoms with Crippen molar-refractivity contribution in [2.45, 2.75) is 59.0 Å². The van der Waals surface area contributed by atoms with E-state index in [-0.39, 0.29) is 0 Å². The monoisotopic (exact) mass is 256 g/mol. The lowest BCUT2D eigenvalue weighted by molar-refractivity contribution is 0.0602. The molecule has 18 heavy (non-hydrogen) atoms. The quantitative estimate of drug-likeness (QED) is 0.722. The number of hydrogen-bond donors (Lipinski definition) is 1. The summed E-state index contributed by atoms with van der Waals surface area (Å²) in [7, 11) is 0. The fourth-order valence-electron chi connectivity index (χ4n) is 2.83. The summed E-state index contributed by atoms with van der Waals surface area (Å²) in [4.78, 5) is 2.63. The molecule has 3 heteroatoms. The van der Waals surface area contributed by atoms with Gasteiger partial charge < -0.3 is 15.0 Å². The molecule has 1 heterocycles. The van der Waals surface area contributed by atoms with Crippen LogP contribution in [0.5, 0.6) is 0 Å². The molecule has 3 nitrogen and oxygen atoms in total. The van der Waals surface area contributed by atoms with Crippen LogP contribution < -0.4 is 5.32 Å². The average molecular weight is 256 g/mol. The largest absolute Gasteiger partial charge is 0.379 e. The van der Waals surface area contributed by atoms with E-state index in [2.05, 4.69) is 37.9 Å². The molecule has 1 fully saturated rings. The zero-order chi connectivity index (χ0) is 13.4. The second-order valence-corrected chi connectivity index (χ2v) is 5.58. The highest BCUT2D eigenvalue weighted by Crippen LogP contribution is 2.15. The van der Waals surface area contributed by atoms with Crippen molar-refractivity contribution >= 4 is 0 Å². The average Bonchev–Trinajstić information content (AvgIpc) is 2.41. The van der Waals surface area contributed by atoms with Crippen LogP contribution in [0.15, 0.2) is 0 Å². The van der Waals surface area contributed by atoms with Crippen molar-refractivity contribution in [3.63, 3.8) is 0 Å². The van der Waals surface area contributed by atoms with Gasteiger partial charge in [0.1, 0.15) is 0 Å². The molecule has 1 saturated heterocycles. The molecule has 0 aromatic heterocycles. The molecule has 1 aliphatic heterocycles. The van der Waals surface area contributed by atoms with Gasteiger partial charge in [-0.1, -0.05) is 33.6 Å². The number of nitrogens with zero attached hydrogens (tertiary/aromatic N) is 1. The fraction of sp³-hybridized carbons (Fsp3) is 1.00. The van der Waals surface area contributed by atoms with E-state index < -0.39 is 0 Å². The van der Waals surface area contributed by atoms with Gasteiger partial charge in [0, 0.05) is 25.2 Å². The van der Waals surface area contributed by atoms with Gasteiger partial charge in [-0.05, 0) is 25.8 Å². The van der Waals surface area contributed by atoms with Crippen molar-refractivity contribution in [2.24, 2.45) is 5.92 Å². The molecule has 0 amide bonds. The van der Waals surface area contributed by atoms with Crippen molar-refractivity contribution in [2.75, 3.05) is 32.8 Å². The highest BCUT2D eigenvalue weighted by Gasteiger charge is 2.21. The summed E-state index contributed by atoms with van der Waals surface area (Å²) in [5.41, 5.74) is 0. The van der Waals surface area contributed by atoms with Crippen molar-refractivity contribution in [3.05, 3.63) is 0 Å². The standard InChI is InChI=1S/C15H32N2O/c1-5-14(6-2)11-17(7-3)13(4)10-15-12-18-9-8-16-15/h13-16H,5-12H2,1-4H3. The SMILES string of the molecule is CCC(CC)CN(CC)C(C)CC1COCCN1. The zero-order valence-corrected chi connectivity index (χ0v) is 12.7. The van der Waals surface area contributed by atoms with Gasteiger partial charge in [0.25, 0.3) is 0 Å². The molecule has 0 aromatic rings. The highest BCUT2D eigenvalue weighted by atomic mass is 16.5. The van der Waals surface area contributed by atoms with Crippen LogP contribution in [0.3, 0.4) is 0 Å². The summed E-state index contributed by atoms with van der Waals surface area (Å²) in [6, 6.07) is 1.19. The van der Waals surface area contributed by atoms with Gasteiger partial charge in [0.15, 0.2) is 0 Å². The summed E-state index contributed by atoms with van der Waals surface area (Å²) < 4.78 is 5.54. The second kappa shape index (κ2) is 8.89. The first-order valence-corrected chi connectivity index (χ1v) is 7.76. The molecular formula is C15H32N2O. The zero-order valence-electron chi connectivity index (χ0n) is 12.7. The van der Waals surface area contributed by atoms with Crippen molar-refractivity contribution in [1.82, 2.24) is 10.2 Å². The first kappa shape index (κ1) is 15.9. The maximum Gasteiger partial charge on any atom is 0.0620 e. The smallest absolute Gasteiger partial charge is 0.0620 e. The Bertz CT molecular complexity index is 201. The Hall–Kier alpha value is -0.120. The van der Waals surface area contributed by atoms with Gasteiger partial charge >= 0.3 is 0 Å². The molecule has 0 aromatic carbocycles. The molecule has 0 bridgehead atoms. The van der Waals surface area contributed by atoms with E-state index in [9.17, 15) is 0 Å².